The number of nitrogens with zero attached hydrogens (tertiary/aromatic N) is 1. The molecule has 186 valence electrons. The second-order valence-corrected chi connectivity index (χ2v) is 11.6. The minimum atomic E-state index is -4.89. The summed E-state index contributed by atoms with van der Waals surface area (Å²) in [7, 11) is -7.83. The number of fused-ring (bicyclic) bond motifs is 1. The minimum Gasteiger partial charge on any atom is -0.406 e. The highest BCUT2D eigenvalue weighted by molar-refractivity contribution is 7.92. The van der Waals surface area contributed by atoms with E-state index in [4.69, 9.17) is 0 Å². The molecule has 3 aromatic rings. The van der Waals surface area contributed by atoms with Gasteiger partial charge in [-0.2, -0.15) is 4.31 Å². The highest BCUT2D eigenvalue weighted by Crippen LogP contribution is 2.29. The van der Waals surface area contributed by atoms with Gasteiger partial charge in [0.15, 0.2) is 0 Å². The van der Waals surface area contributed by atoms with Crippen molar-refractivity contribution in [1.82, 2.24) is 4.31 Å². The zero-order valence-electron chi connectivity index (χ0n) is 18.4. The fourth-order valence-corrected chi connectivity index (χ4v) is 6.16. The summed E-state index contributed by atoms with van der Waals surface area (Å²) in [6.07, 6.45) is -4.42. The second-order valence-electron chi connectivity index (χ2n) is 8.01. The van der Waals surface area contributed by atoms with Crippen LogP contribution in [-0.4, -0.2) is 34.0 Å². The highest BCUT2D eigenvalue weighted by atomic mass is 32.2. The Morgan fingerprint density at radius 2 is 1.49 bits per heavy atom. The smallest absolute Gasteiger partial charge is 0.406 e. The molecule has 0 bridgehead atoms. The molecular weight excluding hydrogens is 505 g/mol. The third-order valence-corrected chi connectivity index (χ3v) is 8.72. The van der Waals surface area contributed by atoms with Crippen molar-refractivity contribution in [2.24, 2.45) is 0 Å². The lowest BCUT2D eigenvalue weighted by molar-refractivity contribution is -0.274. The van der Waals surface area contributed by atoms with Gasteiger partial charge in [0.2, 0.25) is 10.0 Å². The van der Waals surface area contributed by atoms with Gasteiger partial charge in [-0.1, -0.05) is 23.8 Å². The van der Waals surface area contributed by atoms with Gasteiger partial charge in [0.1, 0.15) is 5.75 Å². The molecular formula is C23H21F3N2O5S2. The molecule has 0 spiro atoms. The summed E-state index contributed by atoms with van der Waals surface area (Å²) in [5.74, 6) is -0.542. The number of hydrogen-bond donors (Lipinski definition) is 1. The Bertz CT molecular complexity index is 1440. The summed E-state index contributed by atoms with van der Waals surface area (Å²) in [6.45, 7) is 2.23. The van der Waals surface area contributed by atoms with Crippen LogP contribution in [0.15, 0.2) is 76.5 Å². The van der Waals surface area contributed by atoms with Gasteiger partial charge < -0.3 is 4.74 Å². The maximum Gasteiger partial charge on any atom is 0.573 e. The first-order chi connectivity index (χ1) is 16.3. The number of anilines is 1. The summed E-state index contributed by atoms with van der Waals surface area (Å²) in [5, 5.41) is 0. The molecule has 0 atom stereocenters. The van der Waals surface area contributed by atoms with E-state index in [9.17, 15) is 30.0 Å². The lowest BCUT2D eigenvalue weighted by Gasteiger charge is -2.28. The number of ether oxygens (including phenoxy) is 1. The van der Waals surface area contributed by atoms with Gasteiger partial charge in [-0.25, -0.2) is 16.8 Å². The SMILES string of the molecule is Cc1ccc(S(=O)(=O)N2CCc3ccc(NS(=O)(=O)c4ccc(OC(F)(F)F)cc4)cc3C2)cc1. The zero-order valence-corrected chi connectivity index (χ0v) is 20.0. The van der Waals surface area contributed by atoms with E-state index in [1.165, 1.54) is 4.31 Å². The number of hydrogen-bond acceptors (Lipinski definition) is 5. The molecule has 12 heteroatoms. The molecule has 0 aliphatic carbocycles. The number of sulfonamides is 2. The normalized spacial score (nSPS) is 14.9. The first-order valence-corrected chi connectivity index (χ1v) is 13.3. The fourth-order valence-electron chi connectivity index (χ4n) is 3.69. The topological polar surface area (TPSA) is 92.8 Å². The lowest BCUT2D eigenvalue weighted by Crippen LogP contribution is -2.36. The fraction of sp³-hybridized carbons (Fsp3) is 0.217. The van der Waals surface area contributed by atoms with Crippen molar-refractivity contribution in [2.45, 2.75) is 36.0 Å². The molecule has 3 aromatic carbocycles. The molecule has 0 fully saturated rings. The molecule has 1 aliphatic heterocycles. The van der Waals surface area contributed by atoms with Crippen molar-refractivity contribution < 1.29 is 34.7 Å². The quantitative estimate of drug-likeness (QED) is 0.513. The van der Waals surface area contributed by atoms with Crippen molar-refractivity contribution in [3.63, 3.8) is 0 Å². The van der Waals surface area contributed by atoms with Crippen LogP contribution >= 0.6 is 0 Å². The molecule has 7 nitrogen and oxygen atoms in total. The average molecular weight is 527 g/mol. The maximum absolute atomic E-state index is 13.1. The average Bonchev–Trinajstić information content (AvgIpc) is 2.78. The summed E-state index contributed by atoms with van der Waals surface area (Å²) in [6, 6.07) is 15.2. The van der Waals surface area contributed by atoms with Crippen molar-refractivity contribution >= 4 is 25.7 Å². The molecule has 0 radical (unpaired) electrons. The van der Waals surface area contributed by atoms with Gasteiger partial charge in [0.05, 0.1) is 9.79 Å². The Kier molecular flexibility index (Phi) is 6.56. The predicted octanol–water partition coefficient (Wildman–Crippen LogP) is 4.44. The number of halogens is 3. The molecule has 0 unspecified atom stereocenters. The molecule has 35 heavy (non-hydrogen) atoms. The number of benzene rings is 3. The van der Waals surface area contributed by atoms with E-state index in [1.807, 2.05) is 6.92 Å². The Hall–Kier alpha value is -3.09. The number of nitrogens with one attached hydrogen (secondary N) is 1. The predicted molar refractivity (Wildman–Crippen MR) is 123 cm³/mol. The zero-order chi connectivity index (χ0) is 25.4. The van der Waals surface area contributed by atoms with Crippen LogP contribution in [0.1, 0.15) is 16.7 Å². The van der Waals surface area contributed by atoms with Crippen LogP contribution in [-0.2, 0) is 33.0 Å². The number of alkyl halides is 3. The molecule has 0 saturated heterocycles. The third-order valence-electron chi connectivity index (χ3n) is 5.46. The minimum absolute atomic E-state index is 0.0740. The molecule has 1 aliphatic rings. The van der Waals surface area contributed by atoms with Crippen LogP contribution in [0.2, 0.25) is 0 Å². The standard InChI is InChI=1S/C23H21F3N2O5S2/c1-16-2-8-22(9-3-16)35(31,32)28-13-12-17-4-5-19(14-18(17)15-28)27-34(29,30)21-10-6-20(7-11-21)33-23(24,25)26/h2-11,14,27H,12-13,15H2,1H3. The largest absolute Gasteiger partial charge is 0.573 e. The van der Waals surface area contributed by atoms with E-state index < -0.39 is 32.2 Å². The van der Waals surface area contributed by atoms with Gasteiger partial charge in [0, 0.05) is 18.8 Å². The highest BCUT2D eigenvalue weighted by Gasteiger charge is 2.31. The molecule has 0 saturated carbocycles. The third kappa shape index (κ3) is 5.77. The number of rotatable bonds is 6. The van der Waals surface area contributed by atoms with E-state index in [-0.39, 0.29) is 22.0 Å². The summed E-state index contributed by atoms with van der Waals surface area (Å²) in [4.78, 5) is -0.0744. The lowest BCUT2D eigenvalue weighted by atomic mass is 10.0. The van der Waals surface area contributed by atoms with Gasteiger partial charge in [-0.15, -0.1) is 13.2 Å². The molecule has 0 amide bonds. The van der Waals surface area contributed by atoms with Gasteiger partial charge in [0.25, 0.3) is 10.0 Å². The Morgan fingerprint density at radius 3 is 2.11 bits per heavy atom. The summed E-state index contributed by atoms with van der Waals surface area (Å²) in [5.41, 5.74) is 2.69. The maximum atomic E-state index is 13.1. The van der Waals surface area contributed by atoms with E-state index in [0.717, 1.165) is 35.4 Å². The van der Waals surface area contributed by atoms with Crippen molar-refractivity contribution in [3.8, 4) is 5.75 Å². The van der Waals surface area contributed by atoms with Crippen molar-refractivity contribution in [3.05, 3.63) is 83.4 Å². The van der Waals surface area contributed by atoms with E-state index in [0.29, 0.717) is 18.5 Å². The monoisotopic (exact) mass is 526 g/mol. The van der Waals surface area contributed by atoms with Crippen LogP contribution in [0.3, 0.4) is 0 Å². The molecule has 1 N–H and O–H groups in total. The van der Waals surface area contributed by atoms with Crippen LogP contribution in [0.5, 0.6) is 5.75 Å². The van der Waals surface area contributed by atoms with Crippen LogP contribution in [0.25, 0.3) is 0 Å². The van der Waals surface area contributed by atoms with E-state index >= 15 is 0 Å². The first kappa shape index (κ1) is 25.0. The Labute approximate surface area is 201 Å². The Morgan fingerprint density at radius 1 is 0.857 bits per heavy atom. The van der Waals surface area contributed by atoms with E-state index in [2.05, 4.69) is 9.46 Å². The molecule has 0 aromatic heterocycles. The molecule has 4 rings (SSSR count). The van der Waals surface area contributed by atoms with Gasteiger partial charge >= 0.3 is 6.36 Å². The molecule has 1 heterocycles. The van der Waals surface area contributed by atoms with Gasteiger partial charge in [-0.3, -0.25) is 4.72 Å². The van der Waals surface area contributed by atoms with Crippen LogP contribution in [0, 0.1) is 6.92 Å². The summed E-state index contributed by atoms with van der Waals surface area (Å²) < 4.78 is 96.0. The van der Waals surface area contributed by atoms with Crippen LogP contribution < -0.4 is 9.46 Å². The van der Waals surface area contributed by atoms with Crippen molar-refractivity contribution in [2.75, 3.05) is 11.3 Å². The van der Waals surface area contributed by atoms with Crippen molar-refractivity contribution in [1.29, 1.82) is 0 Å². The van der Waals surface area contributed by atoms with Gasteiger partial charge in [-0.05, 0) is 73.0 Å². The van der Waals surface area contributed by atoms with Crippen LogP contribution in [0.4, 0.5) is 18.9 Å². The number of aryl methyl sites for hydroxylation is 1. The van der Waals surface area contributed by atoms with E-state index in [1.54, 1.807) is 42.5 Å². The second kappa shape index (κ2) is 9.17. The Balaban J connectivity index is 1.52. The first-order valence-electron chi connectivity index (χ1n) is 10.4. The summed E-state index contributed by atoms with van der Waals surface area (Å²) >= 11 is 0.